The predicted molar refractivity (Wildman–Crippen MR) is 116 cm³/mol. The lowest BCUT2D eigenvalue weighted by atomic mass is 10.1. The standard InChI is InChI=1S/C22H29N3O5/c1-25(2)17-9-7-15(8-10-17)6-5-11-24-22(27)16-12-18(28-3)21(19(13-16)29-4)30-14-20(23)26/h7-10,12-13H,5-6,11,14H2,1-4H3,(H2,23,26)(H,24,27). The van der Waals surface area contributed by atoms with E-state index >= 15 is 0 Å². The van der Waals surface area contributed by atoms with Crippen LogP contribution < -0.4 is 30.2 Å². The minimum atomic E-state index is -0.628. The molecule has 30 heavy (non-hydrogen) atoms. The van der Waals surface area contributed by atoms with Gasteiger partial charge in [-0.25, -0.2) is 0 Å². The lowest BCUT2D eigenvalue weighted by Crippen LogP contribution is -2.25. The molecule has 0 aliphatic carbocycles. The van der Waals surface area contributed by atoms with Gasteiger partial charge in [-0.2, -0.15) is 0 Å². The maximum Gasteiger partial charge on any atom is 0.255 e. The molecule has 0 fully saturated rings. The molecule has 2 rings (SSSR count). The van der Waals surface area contributed by atoms with Crippen molar-refractivity contribution in [3.05, 3.63) is 47.5 Å². The minimum Gasteiger partial charge on any atom is -0.493 e. The van der Waals surface area contributed by atoms with E-state index in [-0.39, 0.29) is 29.8 Å². The molecule has 0 saturated heterocycles. The van der Waals surface area contributed by atoms with Gasteiger partial charge in [0, 0.05) is 31.9 Å². The highest BCUT2D eigenvalue weighted by Crippen LogP contribution is 2.38. The first-order chi connectivity index (χ1) is 14.3. The minimum absolute atomic E-state index is 0.219. The molecule has 0 radical (unpaired) electrons. The first kappa shape index (κ1) is 22.9. The number of aryl methyl sites for hydroxylation is 1. The van der Waals surface area contributed by atoms with Crippen LogP contribution >= 0.6 is 0 Å². The van der Waals surface area contributed by atoms with Crippen molar-refractivity contribution in [3.63, 3.8) is 0 Å². The summed E-state index contributed by atoms with van der Waals surface area (Å²) >= 11 is 0. The fourth-order valence-electron chi connectivity index (χ4n) is 2.85. The van der Waals surface area contributed by atoms with Gasteiger partial charge in [0.2, 0.25) is 5.75 Å². The Kier molecular flexibility index (Phi) is 8.34. The van der Waals surface area contributed by atoms with Crippen LogP contribution in [-0.4, -0.2) is 53.3 Å². The molecular formula is C22H29N3O5. The van der Waals surface area contributed by atoms with Gasteiger partial charge in [0.15, 0.2) is 18.1 Å². The van der Waals surface area contributed by atoms with Gasteiger partial charge in [-0.15, -0.1) is 0 Å². The molecule has 3 N–H and O–H groups in total. The van der Waals surface area contributed by atoms with E-state index < -0.39 is 5.91 Å². The van der Waals surface area contributed by atoms with Crippen molar-refractivity contribution in [2.24, 2.45) is 5.73 Å². The van der Waals surface area contributed by atoms with Crippen LogP contribution in [-0.2, 0) is 11.2 Å². The number of anilines is 1. The fourth-order valence-corrected chi connectivity index (χ4v) is 2.85. The number of benzene rings is 2. The number of carbonyl (C=O) groups excluding carboxylic acids is 2. The number of nitrogens with one attached hydrogen (secondary N) is 1. The molecule has 0 unspecified atom stereocenters. The largest absolute Gasteiger partial charge is 0.493 e. The zero-order valence-corrected chi connectivity index (χ0v) is 17.9. The second-order valence-electron chi connectivity index (χ2n) is 6.89. The molecule has 2 aromatic rings. The van der Waals surface area contributed by atoms with Gasteiger partial charge in [0.1, 0.15) is 0 Å². The smallest absolute Gasteiger partial charge is 0.255 e. The van der Waals surface area contributed by atoms with Crippen molar-refractivity contribution < 1.29 is 23.8 Å². The predicted octanol–water partition coefficient (Wildman–Crippen LogP) is 2.00. The van der Waals surface area contributed by atoms with Crippen molar-refractivity contribution >= 4 is 17.5 Å². The molecule has 0 aliphatic heterocycles. The third kappa shape index (κ3) is 6.30. The quantitative estimate of drug-likeness (QED) is 0.544. The summed E-state index contributed by atoms with van der Waals surface area (Å²) in [6.07, 6.45) is 1.67. The second kappa shape index (κ2) is 10.9. The Balaban J connectivity index is 1.96. The number of nitrogens with two attached hydrogens (primary N) is 1. The summed E-state index contributed by atoms with van der Waals surface area (Å²) < 4.78 is 15.9. The molecule has 0 heterocycles. The zero-order chi connectivity index (χ0) is 22.1. The number of primary amides is 1. The highest BCUT2D eigenvalue weighted by atomic mass is 16.5. The number of hydrogen-bond donors (Lipinski definition) is 2. The fraction of sp³-hybridized carbons (Fsp3) is 0.364. The average molecular weight is 415 g/mol. The highest BCUT2D eigenvalue weighted by molar-refractivity contribution is 5.95. The number of nitrogens with zero attached hydrogens (tertiary/aromatic N) is 1. The molecule has 2 aromatic carbocycles. The second-order valence-corrected chi connectivity index (χ2v) is 6.89. The third-order valence-electron chi connectivity index (χ3n) is 4.46. The highest BCUT2D eigenvalue weighted by Gasteiger charge is 2.18. The van der Waals surface area contributed by atoms with Gasteiger partial charge < -0.3 is 30.2 Å². The molecule has 8 heteroatoms. The molecular weight excluding hydrogens is 386 g/mol. The molecule has 0 saturated carbocycles. The van der Waals surface area contributed by atoms with Crippen LogP contribution in [0.15, 0.2) is 36.4 Å². The Morgan fingerprint density at radius 1 is 1.03 bits per heavy atom. The van der Waals surface area contributed by atoms with E-state index in [4.69, 9.17) is 19.9 Å². The molecule has 8 nitrogen and oxygen atoms in total. The van der Waals surface area contributed by atoms with Crippen LogP contribution in [0, 0.1) is 0 Å². The number of rotatable bonds is 11. The molecule has 0 spiro atoms. The lowest BCUT2D eigenvalue weighted by Gasteiger charge is -2.15. The molecule has 0 atom stereocenters. The van der Waals surface area contributed by atoms with E-state index in [2.05, 4.69) is 34.5 Å². The zero-order valence-electron chi connectivity index (χ0n) is 17.9. The van der Waals surface area contributed by atoms with E-state index in [1.165, 1.54) is 31.9 Å². The van der Waals surface area contributed by atoms with Crippen LogP contribution in [0.1, 0.15) is 22.3 Å². The summed E-state index contributed by atoms with van der Waals surface area (Å²) in [5, 5.41) is 2.90. The Morgan fingerprint density at radius 2 is 1.63 bits per heavy atom. The Hall–Kier alpha value is -3.42. The average Bonchev–Trinajstić information content (AvgIpc) is 2.74. The third-order valence-corrected chi connectivity index (χ3v) is 4.46. The van der Waals surface area contributed by atoms with Gasteiger partial charge in [-0.05, 0) is 42.7 Å². The number of hydrogen-bond acceptors (Lipinski definition) is 6. The summed E-state index contributed by atoms with van der Waals surface area (Å²) in [5.41, 5.74) is 7.85. The molecule has 0 aromatic heterocycles. The summed E-state index contributed by atoms with van der Waals surface area (Å²) in [6, 6.07) is 11.4. The Bertz CT molecular complexity index is 841. The van der Waals surface area contributed by atoms with E-state index in [1.807, 2.05) is 14.1 Å². The molecule has 0 bridgehead atoms. The lowest BCUT2D eigenvalue weighted by molar-refractivity contribution is -0.120. The van der Waals surface area contributed by atoms with Gasteiger partial charge in [-0.3, -0.25) is 9.59 Å². The van der Waals surface area contributed by atoms with Gasteiger partial charge >= 0.3 is 0 Å². The van der Waals surface area contributed by atoms with Gasteiger partial charge in [-0.1, -0.05) is 12.1 Å². The normalized spacial score (nSPS) is 10.3. The van der Waals surface area contributed by atoms with E-state index in [0.29, 0.717) is 12.1 Å². The van der Waals surface area contributed by atoms with Crippen LogP contribution in [0.25, 0.3) is 0 Å². The summed E-state index contributed by atoms with van der Waals surface area (Å²) in [6.45, 7) is 0.201. The molecule has 2 amide bonds. The molecule has 0 aliphatic rings. The Morgan fingerprint density at radius 3 is 2.13 bits per heavy atom. The van der Waals surface area contributed by atoms with Crippen LogP contribution in [0.2, 0.25) is 0 Å². The summed E-state index contributed by atoms with van der Waals surface area (Å²) in [4.78, 5) is 25.6. The van der Waals surface area contributed by atoms with E-state index in [1.54, 1.807) is 0 Å². The van der Waals surface area contributed by atoms with Crippen molar-refractivity contribution in [2.75, 3.05) is 46.4 Å². The van der Waals surface area contributed by atoms with Crippen LogP contribution in [0.4, 0.5) is 5.69 Å². The van der Waals surface area contributed by atoms with Crippen molar-refractivity contribution in [3.8, 4) is 17.2 Å². The summed E-state index contributed by atoms with van der Waals surface area (Å²) in [5.74, 6) is -0.103. The van der Waals surface area contributed by atoms with Crippen molar-refractivity contribution in [1.82, 2.24) is 5.32 Å². The van der Waals surface area contributed by atoms with Crippen molar-refractivity contribution in [1.29, 1.82) is 0 Å². The van der Waals surface area contributed by atoms with E-state index in [0.717, 1.165) is 18.5 Å². The van der Waals surface area contributed by atoms with Crippen LogP contribution in [0.5, 0.6) is 17.2 Å². The number of methoxy groups -OCH3 is 2. The number of amides is 2. The molecule has 162 valence electrons. The van der Waals surface area contributed by atoms with Crippen molar-refractivity contribution in [2.45, 2.75) is 12.8 Å². The maximum absolute atomic E-state index is 12.5. The Labute approximate surface area is 176 Å². The first-order valence-electron chi connectivity index (χ1n) is 9.57. The monoisotopic (exact) mass is 415 g/mol. The van der Waals surface area contributed by atoms with Crippen LogP contribution in [0.3, 0.4) is 0 Å². The first-order valence-corrected chi connectivity index (χ1v) is 9.57. The van der Waals surface area contributed by atoms with Gasteiger partial charge in [0.25, 0.3) is 11.8 Å². The maximum atomic E-state index is 12.5. The summed E-state index contributed by atoms with van der Waals surface area (Å²) in [7, 11) is 6.89. The number of carbonyl (C=O) groups is 2. The van der Waals surface area contributed by atoms with E-state index in [9.17, 15) is 9.59 Å². The SMILES string of the molecule is COc1cc(C(=O)NCCCc2ccc(N(C)C)cc2)cc(OC)c1OCC(N)=O. The number of ether oxygens (including phenoxy) is 3. The van der Waals surface area contributed by atoms with Gasteiger partial charge in [0.05, 0.1) is 14.2 Å². The topological polar surface area (TPSA) is 103 Å².